The molecule has 3 atom stereocenters. The molecule has 1 aliphatic rings. The van der Waals surface area contributed by atoms with E-state index in [1.165, 1.54) is 6.33 Å². The standard InChI is InChI=1S/C8H12N2O3/c11-3-6-8(13)1-7(12)5-2-9-4-10(5)6/h2,4,6-8,11-13H,1,3H2/t6-,7-,8+/m1/s1. The highest BCUT2D eigenvalue weighted by Crippen LogP contribution is 2.31. The summed E-state index contributed by atoms with van der Waals surface area (Å²) in [7, 11) is 0. The zero-order chi connectivity index (χ0) is 9.42. The van der Waals surface area contributed by atoms with E-state index in [2.05, 4.69) is 4.98 Å². The van der Waals surface area contributed by atoms with Gasteiger partial charge in [0.2, 0.25) is 0 Å². The van der Waals surface area contributed by atoms with Crippen LogP contribution in [0.3, 0.4) is 0 Å². The predicted molar refractivity (Wildman–Crippen MR) is 43.9 cm³/mol. The van der Waals surface area contributed by atoms with Crippen molar-refractivity contribution in [2.45, 2.75) is 24.7 Å². The minimum Gasteiger partial charge on any atom is -0.394 e. The summed E-state index contributed by atoms with van der Waals surface area (Å²) in [5, 5.41) is 28.1. The van der Waals surface area contributed by atoms with Crippen LogP contribution in [0, 0.1) is 0 Å². The molecule has 2 rings (SSSR count). The molecule has 1 aromatic heterocycles. The van der Waals surface area contributed by atoms with E-state index in [9.17, 15) is 10.2 Å². The molecular weight excluding hydrogens is 172 g/mol. The van der Waals surface area contributed by atoms with Gasteiger partial charge >= 0.3 is 0 Å². The van der Waals surface area contributed by atoms with Gasteiger partial charge in [-0.1, -0.05) is 0 Å². The number of rotatable bonds is 1. The molecule has 0 bridgehead atoms. The summed E-state index contributed by atoms with van der Waals surface area (Å²) in [6.07, 6.45) is 1.94. The maximum Gasteiger partial charge on any atom is 0.0981 e. The van der Waals surface area contributed by atoms with Gasteiger partial charge in [-0.05, 0) is 0 Å². The molecule has 0 aliphatic carbocycles. The summed E-state index contributed by atoms with van der Waals surface area (Å²) < 4.78 is 1.62. The number of aliphatic hydroxyl groups excluding tert-OH is 3. The fourth-order valence-corrected chi connectivity index (χ4v) is 1.75. The molecule has 0 fully saturated rings. The molecule has 1 aromatic rings. The van der Waals surface area contributed by atoms with Crippen molar-refractivity contribution in [2.75, 3.05) is 6.61 Å². The zero-order valence-electron chi connectivity index (χ0n) is 7.04. The number of aromatic nitrogens is 2. The maximum absolute atomic E-state index is 9.54. The largest absolute Gasteiger partial charge is 0.394 e. The Morgan fingerprint density at radius 2 is 2.31 bits per heavy atom. The van der Waals surface area contributed by atoms with E-state index in [0.717, 1.165) is 0 Å². The SMILES string of the molecule is OC[C@@H]1[C@@H](O)C[C@@H](O)c2cncn21. The van der Waals surface area contributed by atoms with Crippen molar-refractivity contribution >= 4 is 0 Å². The van der Waals surface area contributed by atoms with E-state index in [1.807, 2.05) is 0 Å². The van der Waals surface area contributed by atoms with E-state index < -0.39 is 12.2 Å². The number of imidazole rings is 1. The van der Waals surface area contributed by atoms with Crippen LogP contribution < -0.4 is 0 Å². The Labute approximate surface area is 75.3 Å². The van der Waals surface area contributed by atoms with E-state index in [-0.39, 0.29) is 19.1 Å². The number of aliphatic hydroxyl groups is 3. The van der Waals surface area contributed by atoms with E-state index >= 15 is 0 Å². The van der Waals surface area contributed by atoms with E-state index in [0.29, 0.717) is 5.69 Å². The lowest BCUT2D eigenvalue weighted by atomic mass is 9.98. The van der Waals surface area contributed by atoms with Crippen LogP contribution in [0.1, 0.15) is 24.3 Å². The van der Waals surface area contributed by atoms with Crippen LogP contribution in [-0.4, -0.2) is 37.6 Å². The van der Waals surface area contributed by atoms with Crippen LogP contribution in [0.5, 0.6) is 0 Å². The first-order chi connectivity index (χ1) is 6.24. The van der Waals surface area contributed by atoms with Gasteiger partial charge in [0.05, 0.1) is 43.1 Å². The van der Waals surface area contributed by atoms with Gasteiger partial charge < -0.3 is 19.9 Å². The summed E-state index contributed by atoms with van der Waals surface area (Å²) in [6.45, 7) is -0.142. The number of nitrogens with zero attached hydrogens (tertiary/aromatic N) is 2. The molecule has 2 heterocycles. The van der Waals surface area contributed by atoms with Crippen LogP contribution >= 0.6 is 0 Å². The molecule has 0 unspecified atom stereocenters. The second kappa shape index (κ2) is 3.10. The van der Waals surface area contributed by atoms with Gasteiger partial charge in [0.1, 0.15) is 0 Å². The molecule has 0 spiro atoms. The first-order valence-electron chi connectivity index (χ1n) is 4.22. The van der Waals surface area contributed by atoms with Crippen LogP contribution in [0.15, 0.2) is 12.5 Å². The molecule has 1 aliphatic heterocycles. The smallest absolute Gasteiger partial charge is 0.0981 e. The van der Waals surface area contributed by atoms with Gasteiger partial charge in [0.15, 0.2) is 0 Å². The Bertz CT molecular complexity index is 299. The molecule has 3 N–H and O–H groups in total. The highest BCUT2D eigenvalue weighted by molar-refractivity contribution is 5.09. The van der Waals surface area contributed by atoms with Crippen molar-refractivity contribution in [3.05, 3.63) is 18.2 Å². The normalized spacial score (nSPS) is 33.0. The molecule has 5 heteroatoms. The number of fused-ring (bicyclic) bond motifs is 1. The summed E-state index contributed by atoms with van der Waals surface area (Å²) >= 11 is 0. The average molecular weight is 184 g/mol. The van der Waals surface area contributed by atoms with Crippen molar-refractivity contribution < 1.29 is 15.3 Å². The van der Waals surface area contributed by atoms with Crippen molar-refractivity contribution in [2.24, 2.45) is 0 Å². The molecule has 0 aromatic carbocycles. The molecule has 13 heavy (non-hydrogen) atoms. The molecule has 72 valence electrons. The summed E-state index contributed by atoms with van der Waals surface area (Å²) in [4.78, 5) is 3.87. The summed E-state index contributed by atoms with van der Waals surface area (Å²) in [5.41, 5.74) is 0.657. The molecule has 0 saturated carbocycles. The first-order valence-corrected chi connectivity index (χ1v) is 4.22. The van der Waals surface area contributed by atoms with Gasteiger partial charge in [0, 0.05) is 6.42 Å². The van der Waals surface area contributed by atoms with Crippen LogP contribution in [0.2, 0.25) is 0 Å². The second-order valence-corrected chi connectivity index (χ2v) is 3.29. The van der Waals surface area contributed by atoms with Gasteiger partial charge in [-0.2, -0.15) is 0 Å². The number of hydrogen-bond donors (Lipinski definition) is 3. The van der Waals surface area contributed by atoms with E-state index in [1.54, 1.807) is 10.8 Å². The third-order valence-electron chi connectivity index (χ3n) is 2.49. The predicted octanol–water partition coefficient (Wildman–Crippen LogP) is -0.786. The van der Waals surface area contributed by atoms with Crippen LogP contribution in [0.25, 0.3) is 0 Å². The summed E-state index contributed by atoms with van der Waals surface area (Å²) in [5.74, 6) is 0. The highest BCUT2D eigenvalue weighted by Gasteiger charge is 2.32. The van der Waals surface area contributed by atoms with Gasteiger partial charge in [0.25, 0.3) is 0 Å². The average Bonchev–Trinajstić information content (AvgIpc) is 2.53. The lowest BCUT2D eigenvalue weighted by Crippen LogP contribution is -2.34. The Balaban J connectivity index is 2.39. The molecule has 5 nitrogen and oxygen atoms in total. The maximum atomic E-state index is 9.54. The van der Waals surface area contributed by atoms with E-state index in [4.69, 9.17) is 5.11 Å². The topological polar surface area (TPSA) is 78.5 Å². The zero-order valence-corrected chi connectivity index (χ0v) is 7.04. The molecule has 0 radical (unpaired) electrons. The Hall–Kier alpha value is -0.910. The van der Waals surface area contributed by atoms with Crippen LogP contribution in [0.4, 0.5) is 0 Å². The minimum absolute atomic E-state index is 0.142. The van der Waals surface area contributed by atoms with Crippen molar-refractivity contribution in [1.82, 2.24) is 9.55 Å². The second-order valence-electron chi connectivity index (χ2n) is 3.29. The van der Waals surface area contributed by atoms with Gasteiger partial charge in [-0.25, -0.2) is 4.98 Å². The quantitative estimate of drug-likeness (QED) is 0.534. The van der Waals surface area contributed by atoms with Crippen molar-refractivity contribution in [3.8, 4) is 0 Å². The van der Waals surface area contributed by atoms with Crippen LogP contribution in [-0.2, 0) is 0 Å². The Morgan fingerprint density at radius 1 is 1.54 bits per heavy atom. The third kappa shape index (κ3) is 1.25. The summed E-state index contributed by atoms with van der Waals surface area (Å²) in [6, 6.07) is -0.374. The van der Waals surface area contributed by atoms with Crippen molar-refractivity contribution in [1.29, 1.82) is 0 Å². The molecule has 0 amide bonds. The highest BCUT2D eigenvalue weighted by atomic mass is 16.3. The minimum atomic E-state index is -0.707. The Kier molecular flexibility index (Phi) is 2.07. The third-order valence-corrected chi connectivity index (χ3v) is 2.49. The fourth-order valence-electron chi connectivity index (χ4n) is 1.75. The lowest BCUT2D eigenvalue weighted by molar-refractivity contribution is -0.000371. The van der Waals surface area contributed by atoms with Crippen molar-refractivity contribution in [3.63, 3.8) is 0 Å². The molecular formula is C8H12N2O3. The monoisotopic (exact) mass is 184 g/mol. The first kappa shape index (κ1) is 8.68. The van der Waals surface area contributed by atoms with Gasteiger partial charge in [-0.15, -0.1) is 0 Å². The Morgan fingerprint density at radius 3 is 3.00 bits per heavy atom. The lowest BCUT2D eigenvalue weighted by Gasteiger charge is -2.31. The number of hydrogen-bond acceptors (Lipinski definition) is 4. The van der Waals surface area contributed by atoms with Gasteiger partial charge in [-0.3, -0.25) is 0 Å². The molecule has 0 saturated heterocycles. The fraction of sp³-hybridized carbons (Fsp3) is 0.625.